The predicted octanol–water partition coefficient (Wildman–Crippen LogP) is 3.00. The molecule has 10 heteroatoms. The summed E-state index contributed by atoms with van der Waals surface area (Å²) in [6, 6.07) is 10.1. The summed E-state index contributed by atoms with van der Waals surface area (Å²) in [5.41, 5.74) is 0.745. The molecular weight excluding hydrogens is 412 g/mol. The van der Waals surface area contributed by atoms with Crippen LogP contribution in [0.15, 0.2) is 47.0 Å². The van der Waals surface area contributed by atoms with Gasteiger partial charge in [0.05, 0.1) is 20.3 Å². The lowest BCUT2D eigenvalue weighted by Gasteiger charge is -2.31. The van der Waals surface area contributed by atoms with Crippen molar-refractivity contribution in [1.29, 1.82) is 0 Å². The highest BCUT2D eigenvalue weighted by molar-refractivity contribution is 5.78. The molecule has 1 unspecified atom stereocenters. The minimum Gasteiger partial charge on any atom is -0.497 e. The van der Waals surface area contributed by atoms with Crippen molar-refractivity contribution in [3.05, 3.63) is 60.0 Å². The van der Waals surface area contributed by atoms with Crippen molar-refractivity contribution in [2.45, 2.75) is 6.10 Å². The standard InChI is InChI=1S/C21H19F2N3O5/c1-28-15-5-2-13(3-6-15)20-24-21(31-25-20)18-11-26(8-9-29-18)19(27)12-30-17-7-4-14(22)10-16(17)23/h2-7,10,18H,8-9,11-12H2,1H3. The zero-order valence-corrected chi connectivity index (χ0v) is 16.6. The lowest BCUT2D eigenvalue weighted by Crippen LogP contribution is -2.44. The molecule has 4 rings (SSSR count). The molecule has 1 fully saturated rings. The summed E-state index contributed by atoms with van der Waals surface area (Å²) in [4.78, 5) is 18.4. The first-order valence-corrected chi connectivity index (χ1v) is 9.49. The zero-order chi connectivity index (χ0) is 21.8. The first-order valence-electron chi connectivity index (χ1n) is 9.49. The topological polar surface area (TPSA) is 86.9 Å². The van der Waals surface area contributed by atoms with E-state index in [1.807, 2.05) is 0 Å². The summed E-state index contributed by atoms with van der Waals surface area (Å²) in [7, 11) is 1.58. The molecule has 0 radical (unpaired) electrons. The third-order valence-electron chi connectivity index (χ3n) is 4.73. The fraction of sp³-hybridized carbons (Fsp3) is 0.286. The SMILES string of the molecule is COc1ccc(-c2noc(C3CN(C(=O)COc4ccc(F)cc4F)CCO3)n2)cc1. The van der Waals surface area contributed by atoms with Crippen molar-refractivity contribution in [1.82, 2.24) is 15.0 Å². The van der Waals surface area contributed by atoms with Crippen LogP contribution >= 0.6 is 0 Å². The summed E-state index contributed by atoms with van der Waals surface area (Å²) in [6.45, 7) is 0.389. The molecule has 31 heavy (non-hydrogen) atoms. The van der Waals surface area contributed by atoms with E-state index in [2.05, 4.69) is 10.1 Å². The van der Waals surface area contributed by atoms with Gasteiger partial charge in [-0.2, -0.15) is 4.98 Å². The van der Waals surface area contributed by atoms with Gasteiger partial charge in [0.15, 0.2) is 24.3 Å². The Morgan fingerprint density at radius 2 is 2.03 bits per heavy atom. The molecule has 162 valence electrons. The number of hydrogen-bond acceptors (Lipinski definition) is 7. The maximum absolute atomic E-state index is 13.7. The number of rotatable bonds is 6. The van der Waals surface area contributed by atoms with Crippen LogP contribution in [0.5, 0.6) is 11.5 Å². The van der Waals surface area contributed by atoms with Crippen molar-refractivity contribution in [3.63, 3.8) is 0 Å². The van der Waals surface area contributed by atoms with Gasteiger partial charge in [-0.1, -0.05) is 5.16 Å². The van der Waals surface area contributed by atoms with Gasteiger partial charge >= 0.3 is 0 Å². The zero-order valence-electron chi connectivity index (χ0n) is 16.6. The second-order valence-corrected chi connectivity index (χ2v) is 6.75. The molecule has 1 aromatic heterocycles. The molecule has 0 aliphatic carbocycles. The summed E-state index contributed by atoms with van der Waals surface area (Å²) in [6.07, 6.45) is -0.597. The van der Waals surface area contributed by atoms with Gasteiger partial charge in [0, 0.05) is 18.2 Å². The molecule has 1 aliphatic heterocycles. The van der Waals surface area contributed by atoms with Crippen LogP contribution in [0, 0.1) is 11.6 Å². The van der Waals surface area contributed by atoms with E-state index in [1.54, 1.807) is 31.4 Å². The minimum atomic E-state index is -0.871. The molecule has 1 amide bonds. The number of nitrogens with zero attached hydrogens (tertiary/aromatic N) is 3. The van der Waals surface area contributed by atoms with Crippen molar-refractivity contribution in [2.24, 2.45) is 0 Å². The summed E-state index contributed by atoms with van der Waals surface area (Å²) < 4.78 is 48.0. The molecule has 1 atom stereocenters. The van der Waals surface area contributed by atoms with Crippen molar-refractivity contribution in [2.75, 3.05) is 33.4 Å². The highest BCUT2D eigenvalue weighted by Gasteiger charge is 2.30. The van der Waals surface area contributed by atoms with E-state index < -0.39 is 24.3 Å². The Labute approximate surface area is 176 Å². The monoisotopic (exact) mass is 431 g/mol. The Kier molecular flexibility index (Phi) is 6.08. The van der Waals surface area contributed by atoms with E-state index in [4.69, 9.17) is 18.7 Å². The molecular formula is C21H19F2N3O5. The molecule has 8 nitrogen and oxygen atoms in total. The van der Waals surface area contributed by atoms with E-state index in [1.165, 1.54) is 4.90 Å². The number of benzene rings is 2. The summed E-state index contributed by atoms with van der Waals surface area (Å²) in [5, 5.41) is 3.97. The van der Waals surface area contributed by atoms with Gasteiger partial charge < -0.3 is 23.6 Å². The number of methoxy groups -OCH3 is 1. The second kappa shape index (κ2) is 9.09. The van der Waals surface area contributed by atoms with E-state index in [0.717, 1.165) is 17.7 Å². The molecule has 1 aliphatic rings. The molecule has 1 saturated heterocycles. The minimum absolute atomic E-state index is 0.179. The maximum atomic E-state index is 13.7. The largest absolute Gasteiger partial charge is 0.497 e. The summed E-state index contributed by atoms with van der Waals surface area (Å²) >= 11 is 0. The Hall–Kier alpha value is -3.53. The van der Waals surface area contributed by atoms with Crippen LogP contribution in [0.25, 0.3) is 11.4 Å². The lowest BCUT2D eigenvalue weighted by molar-refractivity contribution is -0.142. The van der Waals surface area contributed by atoms with Crippen molar-refractivity contribution >= 4 is 5.91 Å². The van der Waals surface area contributed by atoms with E-state index in [9.17, 15) is 13.6 Å². The third kappa shape index (κ3) is 4.80. The average molecular weight is 431 g/mol. The van der Waals surface area contributed by atoms with Crippen LogP contribution in [0.1, 0.15) is 12.0 Å². The first kappa shape index (κ1) is 20.7. The number of halogens is 2. The summed E-state index contributed by atoms with van der Waals surface area (Å²) in [5.74, 6) is -0.813. The fourth-order valence-corrected chi connectivity index (χ4v) is 3.07. The lowest BCUT2D eigenvalue weighted by atomic mass is 10.2. The Balaban J connectivity index is 1.37. The number of morpholine rings is 1. The number of hydrogen-bond donors (Lipinski definition) is 0. The van der Waals surface area contributed by atoms with Gasteiger partial charge in [-0.3, -0.25) is 4.79 Å². The van der Waals surface area contributed by atoms with E-state index >= 15 is 0 Å². The van der Waals surface area contributed by atoms with Gasteiger partial charge in [-0.05, 0) is 36.4 Å². The molecule has 3 aromatic rings. The number of ether oxygens (including phenoxy) is 3. The number of carbonyl (C=O) groups is 1. The van der Waals surface area contributed by atoms with Gasteiger partial charge in [0.25, 0.3) is 11.8 Å². The smallest absolute Gasteiger partial charge is 0.260 e. The molecule has 2 heterocycles. The average Bonchev–Trinajstić information content (AvgIpc) is 3.29. The van der Waals surface area contributed by atoms with Gasteiger partial charge in [-0.25, -0.2) is 8.78 Å². The second-order valence-electron chi connectivity index (χ2n) is 6.75. The number of carbonyl (C=O) groups excluding carboxylic acids is 1. The van der Waals surface area contributed by atoms with Gasteiger partial charge in [-0.15, -0.1) is 0 Å². The Bertz CT molecular complexity index is 1060. The van der Waals surface area contributed by atoms with Crippen LogP contribution in [0.4, 0.5) is 8.78 Å². The van der Waals surface area contributed by atoms with E-state index in [0.29, 0.717) is 24.2 Å². The highest BCUT2D eigenvalue weighted by Crippen LogP contribution is 2.25. The van der Waals surface area contributed by atoms with Crippen molar-refractivity contribution < 1.29 is 32.3 Å². The van der Waals surface area contributed by atoms with Crippen LogP contribution in [-0.2, 0) is 9.53 Å². The van der Waals surface area contributed by atoms with Crippen LogP contribution in [-0.4, -0.2) is 54.4 Å². The van der Waals surface area contributed by atoms with Crippen LogP contribution in [0.2, 0.25) is 0 Å². The first-order chi connectivity index (χ1) is 15.0. The van der Waals surface area contributed by atoms with Gasteiger partial charge in [0.2, 0.25) is 5.82 Å². The Morgan fingerprint density at radius 3 is 2.77 bits per heavy atom. The molecule has 0 saturated carbocycles. The molecule has 0 spiro atoms. The predicted molar refractivity (Wildman–Crippen MR) is 103 cm³/mol. The third-order valence-corrected chi connectivity index (χ3v) is 4.73. The van der Waals surface area contributed by atoms with Gasteiger partial charge in [0.1, 0.15) is 11.6 Å². The quantitative estimate of drug-likeness (QED) is 0.593. The molecule has 0 bridgehead atoms. The van der Waals surface area contributed by atoms with Crippen molar-refractivity contribution in [3.8, 4) is 22.9 Å². The maximum Gasteiger partial charge on any atom is 0.260 e. The van der Waals surface area contributed by atoms with Crippen LogP contribution < -0.4 is 9.47 Å². The normalized spacial score (nSPS) is 16.2. The van der Waals surface area contributed by atoms with E-state index in [-0.39, 0.29) is 30.7 Å². The van der Waals surface area contributed by atoms with Crippen LogP contribution in [0.3, 0.4) is 0 Å². The number of aromatic nitrogens is 2. The highest BCUT2D eigenvalue weighted by atomic mass is 19.1. The molecule has 0 N–H and O–H groups in total. The molecule has 2 aromatic carbocycles. The Morgan fingerprint density at radius 1 is 1.23 bits per heavy atom. The number of amides is 1. The fourth-order valence-electron chi connectivity index (χ4n) is 3.07.